The molecule has 3 nitrogen and oxygen atoms in total. The maximum Gasteiger partial charge on any atom is 0.234 e. The van der Waals surface area contributed by atoms with Gasteiger partial charge in [0.05, 0.1) is 11.3 Å². The van der Waals surface area contributed by atoms with Crippen LogP contribution >= 0.6 is 11.6 Å². The molecule has 0 N–H and O–H groups in total. The molecule has 0 fully saturated rings. The van der Waals surface area contributed by atoms with Gasteiger partial charge in [0.15, 0.2) is 5.82 Å². The number of halogens is 1. The zero-order chi connectivity index (χ0) is 12.3. The van der Waals surface area contributed by atoms with Crippen molar-refractivity contribution < 1.29 is 4.52 Å². The molecule has 4 heteroatoms. The summed E-state index contributed by atoms with van der Waals surface area (Å²) in [7, 11) is 0. The predicted molar refractivity (Wildman–Crippen MR) is 67.1 cm³/mol. The van der Waals surface area contributed by atoms with E-state index in [2.05, 4.69) is 29.2 Å². The van der Waals surface area contributed by atoms with Gasteiger partial charge in [0.25, 0.3) is 0 Å². The third-order valence-corrected chi connectivity index (χ3v) is 2.92. The van der Waals surface area contributed by atoms with Crippen molar-refractivity contribution in [2.24, 2.45) is 0 Å². The van der Waals surface area contributed by atoms with Crippen molar-refractivity contribution in [1.29, 1.82) is 0 Å². The lowest BCUT2D eigenvalue weighted by molar-refractivity contribution is 0.358. The highest BCUT2D eigenvalue weighted by molar-refractivity contribution is 6.20. The molecule has 0 amide bonds. The fourth-order valence-electron chi connectivity index (χ4n) is 1.79. The molecular formula is C13H15ClN2O. The zero-order valence-corrected chi connectivity index (χ0v) is 10.7. The summed E-state index contributed by atoms with van der Waals surface area (Å²) in [6, 6.07) is 10.2. The topological polar surface area (TPSA) is 38.9 Å². The zero-order valence-electron chi connectivity index (χ0n) is 9.93. The van der Waals surface area contributed by atoms with Crippen LogP contribution in [0.1, 0.15) is 48.8 Å². The number of hydrogen-bond acceptors (Lipinski definition) is 3. The first-order valence-electron chi connectivity index (χ1n) is 5.75. The minimum absolute atomic E-state index is 0.146. The molecule has 2 rings (SSSR count). The van der Waals surface area contributed by atoms with Crippen LogP contribution in [0, 0.1) is 0 Å². The van der Waals surface area contributed by atoms with Crippen molar-refractivity contribution in [3.63, 3.8) is 0 Å². The minimum atomic E-state index is -0.222. The molecule has 0 aliphatic heterocycles. The summed E-state index contributed by atoms with van der Waals surface area (Å²) in [5.41, 5.74) is 1.19. The van der Waals surface area contributed by atoms with Crippen LogP contribution in [0.5, 0.6) is 0 Å². The quantitative estimate of drug-likeness (QED) is 0.773. The Bertz CT molecular complexity index is 467. The number of rotatable bonds is 4. The van der Waals surface area contributed by atoms with E-state index in [1.807, 2.05) is 25.1 Å². The molecule has 1 aromatic carbocycles. The Morgan fingerprint density at radius 2 is 2.00 bits per heavy atom. The van der Waals surface area contributed by atoms with Gasteiger partial charge in [-0.2, -0.15) is 4.98 Å². The Morgan fingerprint density at radius 3 is 2.53 bits per heavy atom. The second-order valence-corrected chi connectivity index (χ2v) is 4.63. The second-order valence-electron chi connectivity index (χ2n) is 3.98. The third kappa shape index (κ3) is 2.67. The molecule has 2 atom stereocenters. The fourth-order valence-corrected chi connectivity index (χ4v) is 1.88. The highest BCUT2D eigenvalue weighted by Crippen LogP contribution is 2.27. The van der Waals surface area contributed by atoms with Crippen LogP contribution in [-0.2, 0) is 0 Å². The van der Waals surface area contributed by atoms with Crippen molar-refractivity contribution in [1.82, 2.24) is 10.1 Å². The van der Waals surface area contributed by atoms with Crippen LogP contribution in [0.3, 0.4) is 0 Å². The van der Waals surface area contributed by atoms with Crippen molar-refractivity contribution in [2.75, 3.05) is 0 Å². The molecule has 2 aromatic rings. The van der Waals surface area contributed by atoms with Gasteiger partial charge < -0.3 is 4.52 Å². The molecule has 2 unspecified atom stereocenters. The van der Waals surface area contributed by atoms with Crippen LogP contribution < -0.4 is 0 Å². The smallest absolute Gasteiger partial charge is 0.234 e. The normalized spacial score (nSPS) is 14.5. The molecule has 0 saturated carbocycles. The van der Waals surface area contributed by atoms with E-state index in [1.165, 1.54) is 5.56 Å². The first-order chi connectivity index (χ1) is 8.22. The summed E-state index contributed by atoms with van der Waals surface area (Å²) < 4.78 is 5.29. The standard InChI is InChI=1S/C13H15ClN2O/c1-3-11(10-7-5-4-6-8-10)13-15-12(9(2)14)16-17-13/h4-9,11H,3H2,1-2H3. The van der Waals surface area contributed by atoms with Crippen molar-refractivity contribution in [3.8, 4) is 0 Å². The SMILES string of the molecule is CCC(c1ccccc1)c1nc(C(C)Cl)no1. The molecule has 0 bridgehead atoms. The number of nitrogens with zero attached hydrogens (tertiary/aromatic N) is 2. The summed E-state index contributed by atoms with van der Waals surface area (Å²) >= 11 is 5.93. The number of benzene rings is 1. The number of hydrogen-bond donors (Lipinski definition) is 0. The van der Waals surface area contributed by atoms with Crippen molar-refractivity contribution in [3.05, 3.63) is 47.6 Å². The van der Waals surface area contributed by atoms with E-state index in [0.717, 1.165) is 6.42 Å². The number of alkyl halides is 1. The molecule has 0 aliphatic rings. The molecule has 17 heavy (non-hydrogen) atoms. The first-order valence-corrected chi connectivity index (χ1v) is 6.18. The maximum atomic E-state index is 5.93. The molecule has 1 aromatic heterocycles. The highest BCUT2D eigenvalue weighted by atomic mass is 35.5. The molecule has 0 aliphatic carbocycles. The Labute approximate surface area is 106 Å². The van der Waals surface area contributed by atoms with E-state index in [0.29, 0.717) is 11.7 Å². The van der Waals surface area contributed by atoms with Crippen LogP contribution in [0.25, 0.3) is 0 Å². The van der Waals surface area contributed by atoms with Gasteiger partial charge in [-0.25, -0.2) is 0 Å². The summed E-state index contributed by atoms with van der Waals surface area (Å²) in [6.07, 6.45) is 0.919. The summed E-state index contributed by atoms with van der Waals surface area (Å²) in [4.78, 5) is 4.35. The predicted octanol–water partition coefficient (Wildman–Crippen LogP) is 3.91. The van der Waals surface area contributed by atoms with Gasteiger partial charge >= 0.3 is 0 Å². The Balaban J connectivity index is 2.29. The Morgan fingerprint density at radius 1 is 1.29 bits per heavy atom. The lowest BCUT2D eigenvalue weighted by Crippen LogP contribution is -2.00. The van der Waals surface area contributed by atoms with Crippen LogP contribution in [-0.4, -0.2) is 10.1 Å². The van der Waals surface area contributed by atoms with Gasteiger partial charge in [0, 0.05) is 0 Å². The van der Waals surface area contributed by atoms with Crippen LogP contribution in [0.4, 0.5) is 0 Å². The average molecular weight is 251 g/mol. The Hall–Kier alpha value is -1.35. The molecule has 0 radical (unpaired) electrons. The van der Waals surface area contributed by atoms with E-state index < -0.39 is 0 Å². The lowest BCUT2D eigenvalue weighted by Gasteiger charge is -2.09. The van der Waals surface area contributed by atoms with Crippen LogP contribution in [0.15, 0.2) is 34.9 Å². The highest BCUT2D eigenvalue weighted by Gasteiger charge is 2.20. The summed E-state index contributed by atoms with van der Waals surface area (Å²) in [5.74, 6) is 1.34. The minimum Gasteiger partial charge on any atom is -0.339 e. The molecular weight excluding hydrogens is 236 g/mol. The summed E-state index contributed by atoms with van der Waals surface area (Å²) in [5, 5.41) is 3.67. The fraction of sp³-hybridized carbons (Fsp3) is 0.385. The first kappa shape index (κ1) is 12.1. The third-order valence-electron chi connectivity index (χ3n) is 2.72. The van der Waals surface area contributed by atoms with Gasteiger partial charge in [-0.3, -0.25) is 0 Å². The van der Waals surface area contributed by atoms with E-state index in [-0.39, 0.29) is 11.3 Å². The molecule has 90 valence electrons. The van der Waals surface area contributed by atoms with E-state index >= 15 is 0 Å². The second kappa shape index (κ2) is 5.32. The van der Waals surface area contributed by atoms with E-state index in [1.54, 1.807) is 0 Å². The number of aromatic nitrogens is 2. The average Bonchev–Trinajstić information content (AvgIpc) is 2.81. The Kier molecular flexibility index (Phi) is 3.79. The van der Waals surface area contributed by atoms with E-state index in [4.69, 9.17) is 16.1 Å². The molecule has 1 heterocycles. The van der Waals surface area contributed by atoms with Crippen molar-refractivity contribution >= 4 is 11.6 Å². The lowest BCUT2D eigenvalue weighted by atomic mass is 9.96. The van der Waals surface area contributed by atoms with E-state index in [9.17, 15) is 0 Å². The monoisotopic (exact) mass is 250 g/mol. The van der Waals surface area contributed by atoms with Gasteiger partial charge in [-0.05, 0) is 18.9 Å². The van der Waals surface area contributed by atoms with Crippen LogP contribution in [0.2, 0.25) is 0 Å². The van der Waals surface area contributed by atoms with Gasteiger partial charge in [0.1, 0.15) is 0 Å². The largest absolute Gasteiger partial charge is 0.339 e. The maximum absolute atomic E-state index is 5.93. The molecule has 0 saturated heterocycles. The van der Waals surface area contributed by atoms with Gasteiger partial charge in [-0.1, -0.05) is 42.4 Å². The summed E-state index contributed by atoms with van der Waals surface area (Å²) in [6.45, 7) is 3.94. The van der Waals surface area contributed by atoms with Gasteiger partial charge in [0.2, 0.25) is 5.89 Å². The van der Waals surface area contributed by atoms with Gasteiger partial charge in [-0.15, -0.1) is 11.6 Å². The van der Waals surface area contributed by atoms with Crippen molar-refractivity contribution in [2.45, 2.75) is 31.6 Å². The molecule has 0 spiro atoms.